The Morgan fingerprint density at radius 1 is 1.28 bits per heavy atom. The first-order chi connectivity index (χ1) is 8.92. The van der Waals surface area contributed by atoms with E-state index in [0.717, 1.165) is 48.1 Å². The van der Waals surface area contributed by atoms with Gasteiger partial charge in [-0.2, -0.15) is 0 Å². The molecule has 0 spiro atoms. The standard InChI is InChI=1S/C11H17N3O2S2/c1-2-9(16-5-1)8-17-11-13-12-10(18-11)14-3-6-15-7-4-14/h9H,1-8H2. The summed E-state index contributed by atoms with van der Waals surface area (Å²) >= 11 is 3.44. The molecule has 18 heavy (non-hydrogen) atoms. The van der Waals surface area contributed by atoms with Crippen LogP contribution in [0.5, 0.6) is 0 Å². The fourth-order valence-electron chi connectivity index (χ4n) is 2.08. The molecule has 0 radical (unpaired) electrons. The van der Waals surface area contributed by atoms with Crippen molar-refractivity contribution in [3.8, 4) is 0 Å². The zero-order valence-corrected chi connectivity index (χ0v) is 11.8. The monoisotopic (exact) mass is 287 g/mol. The van der Waals surface area contributed by atoms with Gasteiger partial charge < -0.3 is 14.4 Å². The fourth-order valence-corrected chi connectivity index (χ4v) is 4.07. The van der Waals surface area contributed by atoms with Gasteiger partial charge >= 0.3 is 0 Å². The smallest absolute Gasteiger partial charge is 0.209 e. The highest BCUT2D eigenvalue weighted by molar-refractivity contribution is 8.01. The second-order valence-corrected chi connectivity index (χ2v) is 6.62. The molecule has 2 fully saturated rings. The van der Waals surface area contributed by atoms with Gasteiger partial charge in [0, 0.05) is 25.4 Å². The first kappa shape index (κ1) is 12.7. The summed E-state index contributed by atoms with van der Waals surface area (Å²) in [7, 11) is 0. The predicted octanol–water partition coefficient (Wildman–Crippen LogP) is 1.65. The lowest BCUT2D eigenvalue weighted by Crippen LogP contribution is -2.36. The van der Waals surface area contributed by atoms with Crippen molar-refractivity contribution in [1.82, 2.24) is 10.2 Å². The maximum Gasteiger partial charge on any atom is 0.209 e. The number of morpholine rings is 1. The number of hydrogen-bond donors (Lipinski definition) is 0. The van der Waals surface area contributed by atoms with Crippen LogP contribution in [-0.4, -0.2) is 55.0 Å². The lowest BCUT2D eigenvalue weighted by atomic mass is 10.3. The zero-order valence-electron chi connectivity index (χ0n) is 10.2. The molecule has 0 saturated carbocycles. The van der Waals surface area contributed by atoms with Gasteiger partial charge in [-0.15, -0.1) is 10.2 Å². The average molecular weight is 287 g/mol. The van der Waals surface area contributed by atoms with Crippen molar-refractivity contribution in [2.75, 3.05) is 43.6 Å². The number of anilines is 1. The first-order valence-corrected chi connectivity index (χ1v) is 8.12. The highest BCUT2D eigenvalue weighted by Crippen LogP contribution is 2.30. The van der Waals surface area contributed by atoms with Crippen LogP contribution in [0.2, 0.25) is 0 Å². The highest BCUT2D eigenvalue weighted by Gasteiger charge is 2.19. The van der Waals surface area contributed by atoms with E-state index in [-0.39, 0.29) is 0 Å². The summed E-state index contributed by atoms with van der Waals surface area (Å²) in [6, 6.07) is 0. The zero-order chi connectivity index (χ0) is 12.2. The highest BCUT2D eigenvalue weighted by atomic mass is 32.2. The van der Waals surface area contributed by atoms with Crippen LogP contribution in [0.15, 0.2) is 4.34 Å². The van der Waals surface area contributed by atoms with Gasteiger partial charge in [0.15, 0.2) is 4.34 Å². The quantitative estimate of drug-likeness (QED) is 0.785. The van der Waals surface area contributed by atoms with Crippen LogP contribution in [0.1, 0.15) is 12.8 Å². The average Bonchev–Trinajstić information content (AvgIpc) is 3.09. The van der Waals surface area contributed by atoms with Crippen molar-refractivity contribution < 1.29 is 9.47 Å². The molecule has 2 saturated heterocycles. The van der Waals surface area contributed by atoms with Crippen molar-refractivity contribution in [3.63, 3.8) is 0 Å². The van der Waals surface area contributed by atoms with Crippen LogP contribution >= 0.6 is 23.1 Å². The van der Waals surface area contributed by atoms with E-state index in [1.54, 1.807) is 23.1 Å². The molecule has 3 rings (SSSR count). The Bertz CT molecular complexity index is 376. The number of aromatic nitrogens is 2. The van der Waals surface area contributed by atoms with Gasteiger partial charge in [-0.3, -0.25) is 0 Å². The van der Waals surface area contributed by atoms with Gasteiger partial charge in [0.25, 0.3) is 0 Å². The van der Waals surface area contributed by atoms with Crippen LogP contribution in [0.4, 0.5) is 5.13 Å². The van der Waals surface area contributed by atoms with E-state index in [4.69, 9.17) is 9.47 Å². The van der Waals surface area contributed by atoms with E-state index in [1.165, 1.54) is 12.8 Å². The third-order valence-electron chi connectivity index (χ3n) is 3.09. The normalized spacial score (nSPS) is 24.7. The van der Waals surface area contributed by atoms with E-state index in [0.29, 0.717) is 6.10 Å². The van der Waals surface area contributed by atoms with Crippen molar-refractivity contribution in [1.29, 1.82) is 0 Å². The number of hydrogen-bond acceptors (Lipinski definition) is 7. The summed E-state index contributed by atoms with van der Waals surface area (Å²) < 4.78 is 12.0. The summed E-state index contributed by atoms with van der Waals surface area (Å²) in [5.74, 6) is 0.998. The molecule has 1 unspecified atom stereocenters. The molecule has 1 atom stereocenters. The van der Waals surface area contributed by atoms with Gasteiger partial charge in [0.2, 0.25) is 5.13 Å². The molecular formula is C11H17N3O2S2. The maximum atomic E-state index is 5.61. The third-order valence-corrected chi connectivity index (χ3v) is 5.34. The van der Waals surface area contributed by atoms with E-state index < -0.39 is 0 Å². The largest absolute Gasteiger partial charge is 0.378 e. The summed E-state index contributed by atoms with van der Waals surface area (Å²) in [6.45, 7) is 4.34. The summed E-state index contributed by atoms with van der Waals surface area (Å²) in [6.07, 6.45) is 2.79. The number of rotatable bonds is 4. The Labute approximate surface area is 115 Å². The molecule has 0 aromatic carbocycles. The predicted molar refractivity (Wildman–Crippen MR) is 72.6 cm³/mol. The van der Waals surface area contributed by atoms with Gasteiger partial charge in [0.1, 0.15) is 0 Å². The third kappa shape index (κ3) is 3.14. The van der Waals surface area contributed by atoms with E-state index >= 15 is 0 Å². The van der Waals surface area contributed by atoms with Crippen LogP contribution in [0, 0.1) is 0 Å². The molecule has 100 valence electrons. The second-order valence-electron chi connectivity index (χ2n) is 4.40. The molecule has 1 aromatic heterocycles. The lowest BCUT2D eigenvalue weighted by molar-refractivity contribution is 0.122. The van der Waals surface area contributed by atoms with Gasteiger partial charge in [0.05, 0.1) is 19.3 Å². The van der Waals surface area contributed by atoms with Gasteiger partial charge in [-0.25, -0.2) is 0 Å². The minimum Gasteiger partial charge on any atom is -0.378 e. The van der Waals surface area contributed by atoms with Gasteiger partial charge in [-0.05, 0) is 12.8 Å². The molecule has 0 amide bonds. The molecule has 2 aliphatic heterocycles. The molecule has 0 N–H and O–H groups in total. The summed E-state index contributed by atoms with van der Waals surface area (Å²) in [5.41, 5.74) is 0. The second kappa shape index (κ2) is 6.18. The van der Waals surface area contributed by atoms with Crippen molar-refractivity contribution in [2.45, 2.75) is 23.3 Å². The van der Waals surface area contributed by atoms with Crippen LogP contribution in [0.25, 0.3) is 0 Å². The Hall–Kier alpha value is -0.370. The van der Waals surface area contributed by atoms with Crippen LogP contribution < -0.4 is 4.90 Å². The molecular weight excluding hydrogens is 270 g/mol. The SMILES string of the molecule is C1COC(CSc2nnc(N3CCOCC3)s2)C1. The Morgan fingerprint density at radius 3 is 2.94 bits per heavy atom. The number of thioether (sulfide) groups is 1. The molecule has 1 aromatic rings. The molecule has 3 heterocycles. The minimum absolute atomic E-state index is 0.408. The topological polar surface area (TPSA) is 47.5 Å². The van der Waals surface area contributed by atoms with E-state index in [2.05, 4.69) is 15.1 Å². The Kier molecular flexibility index (Phi) is 4.35. The Balaban J connectivity index is 1.52. The van der Waals surface area contributed by atoms with Crippen molar-refractivity contribution in [3.05, 3.63) is 0 Å². The summed E-state index contributed by atoms with van der Waals surface area (Å²) in [4.78, 5) is 2.25. The lowest BCUT2D eigenvalue weighted by Gasteiger charge is -2.25. The van der Waals surface area contributed by atoms with Crippen molar-refractivity contribution >= 4 is 28.2 Å². The van der Waals surface area contributed by atoms with Crippen LogP contribution in [-0.2, 0) is 9.47 Å². The summed E-state index contributed by atoms with van der Waals surface area (Å²) in [5, 5.41) is 9.53. The number of ether oxygens (including phenoxy) is 2. The first-order valence-electron chi connectivity index (χ1n) is 6.32. The van der Waals surface area contributed by atoms with Crippen molar-refractivity contribution in [2.24, 2.45) is 0 Å². The number of nitrogens with zero attached hydrogens (tertiary/aromatic N) is 3. The fraction of sp³-hybridized carbons (Fsp3) is 0.818. The van der Waals surface area contributed by atoms with Gasteiger partial charge in [-0.1, -0.05) is 23.1 Å². The molecule has 2 aliphatic rings. The molecule has 0 aliphatic carbocycles. The molecule has 7 heteroatoms. The van der Waals surface area contributed by atoms with E-state index in [9.17, 15) is 0 Å². The van der Waals surface area contributed by atoms with E-state index in [1.807, 2.05) is 0 Å². The Morgan fingerprint density at radius 2 is 2.17 bits per heavy atom. The maximum absolute atomic E-state index is 5.61. The molecule has 5 nitrogen and oxygen atoms in total. The van der Waals surface area contributed by atoms with Crippen LogP contribution in [0.3, 0.4) is 0 Å². The minimum atomic E-state index is 0.408. The molecule has 0 bridgehead atoms.